The van der Waals surface area contributed by atoms with Crippen LogP contribution in [0, 0.1) is 0 Å². The first kappa shape index (κ1) is 13.5. The van der Waals surface area contributed by atoms with E-state index in [4.69, 9.17) is 11.6 Å². The molecule has 0 saturated heterocycles. The molecule has 6 heteroatoms. The van der Waals surface area contributed by atoms with E-state index < -0.39 is 0 Å². The lowest BCUT2D eigenvalue weighted by molar-refractivity contribution is 0.708. The number of pyridine rings is 1. The van der Waals surface area contributed by atoms with Crippen molar-refractivity contribution in [3.63, 3.8) is 0 Å². The van der Waals surface area contributed by atoms with Crippen LogP contribution in [-0.4, -0.2) is 14.8 Å². The molecule has 0 bridgehead atoms. The minimum absolute atomic E-state index is 0.145. The number of nitrogens with zero attached hydrogens (tertiary/aromatic N) is 3. The van der Waals surface area contributed by atoms with Crippen LogP contribution in [0.3, 0.4) is 0 Å². The van der Waals surface area contributed by atoms with Crippen molar-refractivity contribution in [1.82, 2.24) is 14.8 Å². The van der Waals surface area contributed by atoms with Crippen molar-refractivity contribution in [2.75, 3.05) is 5.32 Å². The van der Waals surface area contributed by atoms with Gasteiger partial charge in [-0.1, -0.05) is 24.6 Å². The summed E-state index contributed by atoms with van der Waals surface area (Å²) < 4.78 is 1.20. The Morgan fingerprint density at radius 2 is 2.26 bits per heavy atom. The van der Waals surface area contributed by atoms with Crippen molar-refractivity contribution >= 4 is 17.3 Å². The van der Waals surface area contributed by atoms with Gasteiger partial charge in [-0.05, 0) is 18.1 Å². The smallest absolute Gasteiger partial charge is 0.287 e. The fraction of sp³-hybridized carbons (Fsp3) is 0.308. The van der Waals surface area contributed by atoms with Crippen LogP contribution in [0.15, 0.2) is 29.3 Å². The quantitative estimate of drug-likeness (QED) is 0.929. The third-order valence-corrected chi connectivity index (χ3v) is 3.26. The summed E-state index contributed by atoms with van der Waals surface area (Å²) in [7, 11) is 1.56. The molecule has 0 radical (unpaired) electrons. The predicted octanol–water partition coefficient (Wildman–Crippen LogP) is 2.00. The van der Waals surface area contributed by atoms with Gasteiger partial charge in [0.15, 0.2) is 0 Å². The largest absolute Gasteiger partial charge is 0.377 e. The number of aryl methyl sites for hydroxylation is 2. The highest BCUT2D eigenvalue weighted by Crippen LogP contribution is 2.16. The number of nitrogens with one attached hydrogen (secondary N) is 1. The summed E-state index contributed by atoms with van der Waals surface area (Å²) in [5.41, 5.74) is 2.32. The van der Waals surface area contributed by atoms with Gasteiger partial charge in [-0.2, -0.15) is 5.10 Å². The van der Waals surface area contributed by atoms with Crippen LogP contribution >= 0.6 is 11.6 Å². The molecule has 1 N–H and O–H groups in total. The molecule has 0 amide bonds. The molecule has 0 aliphatic carbocycles. The molecule has 0 fully saturated rings. The summed E-state index contributed by atoms with van der Waals surface area (Å²) in [4.78, 5) is 16.0. The normalized spacial score (nSPS) is 10.5. The number of aromatic nitrogens is 3. The van der Waals surface area contributed by atoms with Gasteiger partial charge in [-0.15, -0.1) is 0 Å². The number of hydrogen-bond donors (Lipinski definition) is 1. The van der Waals surface area contributed by atoms with E-state index in [-0.39, 0.29) is 10.6 Å². The highest BCUT2D eigenvalue weighted by molar-refractivity contribution is 6.32. The molecule has 19 heavy (non-hydrogen) atoms. The number of halogens is 1. The Hall–Kier alpha value is -1.88. The van der Waals surface area contributed by atoms with E-state index >= 15 is 0 Å². The Morgan fingerprint density at radius 3 is 3.00 bits per heavy atom. The molecule has 0 spiro atoms. The van der Waals surface area contributed by atoms with Crippen molar-refractivity contribution in [3.05, 3.63) is 51.2 Å². The summed E-state index contributed by atoms with van der Waals surface area (Å²) in [6.07, 6.45) is 4.20. The Morgan fingerprint density at radius 1 is 1.47 bits per heavy atom. The molecule has 2 aromatic heterocycles. The molecule has 5 nitrogen and oxygen atoms in total. The molecule has 100 valence electrons. The second-order valence-electron chi connectivity index (χ2n) is 4.12. The molecule has 0 aliphatic rings. The van der Waals surface area contributed by atoms with Gasteiger partial charge in [0.1, 0.15) is 5.02 Å². The average Bonchev–Trinajstić information content (AvgIpc) is 2.44. The van der Waals surface area contributed by atoms with Crippen LogP contribution < -0.4 is 10.9 Å². The third-order valence-electron chi connectivity index (χ3n) is 2.89. The van der Waals surface area contributed by atoms with Gasteiger partial charge in [0, 0.05) is 13.2 Å². The zero-order valence-electron chi connectivity index (χ0n) is 10.9. The van der Waals surface area contributed by atoms with E-state index in [1.165, 1.54) is 16.4 Å². The summed E-state index contributed by atoms with van der Waals surface area (Å²) in [5, 5.41) is 7.18. The van der Waals surface area contributed by atoms with Crippen LogP contribution in [-0.2, 0) is 20.0 Å². The maximum atomic E-state index is 11.6. The van der Waals surface area contributed by atoms with Crippen molar-refractivity contribution in [2.24, 2.45) is 7.05 Å². The number of hydrogen-bond acceptors (Lipinski definition) is 4. The van der Waals surface area contributed by atoms with E-state index in [0.29, 0.717) is 12.2 Å². The van der Waals surface area contributed by atoms with Crippen LogP contribution in [0.2, 0.25) is 5.02 Å². The molecule has 2 rings (SSSR count). The Bertz CT molecular complexity index is 639. The van der Waals surface area contributed by atoms with E-state index in [9.17, 15) is 4.79 Å². The number of anilines is 1. The van der Waals surface area contributed by atoms with Gasteiger partial charge in [-0.25, -0.2) is 4.68 Å². The molecule has 2 aromatic rings. The molecule has 0 aromatic carbocycles. The summed E-state index contributed by atoms with van der Waals surface area (Å²) in [5.74, 6) is 0. The predicted molar refractivity (Wildman–Crippen MR) is 75.4 cm³/mol. The molecule has 0 atom stereocenters. The highest BCUT2D eigenvalue weighted by Gasteiger charge is 2.08. The van der Waals surface area contributed by atoms with Gasteiger partial charge in [0.2, 0.25) is 0 Å². The van der Waals surface area contributed by atoms with Crippen LogP contribution in [0.5, 0.6) is 0 Å². The standard InChI is InChI=1S/C13H15ClN4O/c1-3-9-5-4-6-15-10(9)7-16-11-8-17-18(2)13(19)12(11)14/h4-6,8,16H,3,7H2,1-2H3. The van der Waals surface area contributed by atoms with E-state index in [1.54, 1.807) is 13.2 Å². The second kappa shape index (κ2) is 5.84. The first-order valence-corrected chi connectivity index (χ1v) is 6.39. The van der Waals surface area contributed by atoms with E-state index in [0.717, 1.165) is 12.1 Å². The van der Waals surface area contributed by atoms with Crippen LogP contribution in [0.25, 0.3) is 0 Å². The van der Waals surface area contributed by atoms with Crippen molar-refractivity contribution in [2.45, 2.75) is 19.9 Å². The first-order chi connectivity index (χ1) is 9.13. The lowest BCUT2D eigenvalue weighted by Crippen LogP contribution is -2.21. The topological polar surface area (TPSA) is 59.8 Å². The van der Waals surface area contributed by atoms with Gasteiger partial charge in [0.05, 0.1) is 24.1 Å². The molecule has 2 heterocycles. The second-order valence-corrected chi connectivity index (χ2v) is 4.50. The monoisotopic (exact) mass is 278 g/mol. The fourth-order valence-corrected chi connectivity index (χ4v) is 2.00. The number of rotatable bonds is 4. The van der Waals surface area contributed by atoms with Gasteiger partial charge in [0.25, 0.3) is 5.56 Å². The molecule has 0 unspecified atom stereocenters. The van der Waals surface area contributed by atoms with Gasteiger partial charge in [-0.3, -0.25) is 9.78 Å². The van der Waals surface area contributed by atoms with E-state index in [2.05, 4.69) is 22.3 Å². The highest BCUT2D eigenvalue weighted by atomic mass is 35.5. The lowest BCUT2D eigenvalue weighted by atomic mass is 10.1. The zero-order chi connectivity index (χ0) is 13.8. The zero-order valence-corrected chi connectivity index (χ0v) is 11.6. The Labute approximate surface area is 116 Å². The maximum Gasteiger partial charge on any atom is 0.287 e. The Kier molecular flexibility index (Phi) is 4.16. The van der Waals surface area contributed by atoms with Crippen LogP contribution in [0.4, 0.5) is 5.69 Å². The average molecular weight is 279 g/mol. The van der Waals surface area contributed by atoms with Gasteiger partial charge < -0.3 is 5.32 Å². The SMILES string of the molecule is CCc1cccnc1CNc1cnn(C)c(=O)c1Cl. The minimum atomic E-state index is -0.316. The fourth-order valence-electron chi connectivity index (χ4n) is 1.77. The van der Waals surface area contributed by atoms with Gasteiger partial charge >= 0.3 is 0 Å². The van der Waals surface area contributed by atoms with E-state index in [1.807, 2.05) is 12.1 Å². The Balaban J connectivity index is 2.19. The molecule has 0 aliphatic heterocycles. The van der Waals surface area contributed by atoms with Crippen LogP contribution in [0.1, 0.15) is 18.2 Å². The third kappa shape index (κ3) is 2.93. The molecule has 0 saturated carbocycles. The minimum Gasteiger partial charge on any atom is -0.377 e. The lowest BCUT2D eigenvalue weighted by Gasteiger charge is -2.10. The maximum absolute atomic E-state index is 11.6. The molecular formula is C13H15ClN4O. The van der Waals surface area contributed by atoms with Crippen molar-refractivity contribution < 1.29 is 0 Å². The van der Waals surface area contributed by atoms with Crippen molar-refractivity contribution in [1.29, 1.82) is 0 Å². The summed E-state index contributed by atoms with van der Waals surface area (Å²) >= 11 is 5.98. The summed E-state index contributed by atoms with van der Waals surface area (Å²) in [6.45, 7) is 2.59. The van der Waals surface area contributed by atoms with Crippen molar-refractivity contribution in [3.8, 4) is 0 Å². The molecular weight excluding hydrogens is 264 g/mol. The first-order valence-electron chi connectivity index (χ1n) is 6.02. The summed E-state index contributed by atoms with van der Waals surface area (Å²) in [6, 6.07) is 3.95.